The highest BCUT2D eigenvalue weighted by atomic mass is 32.2. The summed E-state index contributed by atoms with van der Waals surface area (Å²) in [5.74, 6) is -0.925. The van der Waals surface area contributed by atoms with Gasteiger partial charge in [0.25, 0.3) is 0 Å². The van der Waals surface area contributed by atoms with Gasteiger partial charge < -0.3 is 4.74 Å². The van der Waals surface area contributed by atoms with Crippen molar-refractivity contribution in [2.45, 2.75) is 51.2 Å². The number of esters is 1. The molecule has 1 aromatic rings. The van der Waals surface area contributed by atoms with Gasteiger partial charge in [0.1, 0.15) is 11.6 Å². The highest BCUT2D eigenvalue weighted by molar-refractivity contribution is 7.89. The molecule has 1 N–H and O–H groups in total. The predicted molar refractivity (Wildman–Crippen MR) is 85.9 cm³/mol. The van der Waals surface area contributed by atoms with E-state index in [1.54, 1.807) is 34.6 Å². The van der Waals surface area contributed by atoms with E-state index in [1.807, 2.05) is 6.07 Å². The molecule has 0 aliphatic rings. The zero-order valence-corrected chi connectivity index (χ0v) is 14.8. The molecule has 1 rings (SSSR count). The first-order chi connectivity index (χ1) is 10.5. The maximum Gasteiger partial charge on any atom is 0.324 e. The van der Waals surface area contributed by atoms with Crippen molar-refractivity contribution in [3.05, 3.63) is 29.8 Å². The molecule has 0 bridgehead atoms. The van der Waals surface area contributed by atoms with Gasteiger partial charge in [0.05, 0.1) is 16.5 Å². The number of nitriles is 1. The highest BCUT2D eigenvalue weighted by Gasteiger charge is 2.32. The van der Waals surface area contributed by atoms with E-state index in [1.165, 1.54) is 24.3 Å². The van der Waals surface area contributed by atoms with Crippen LogP contribution in [0.5, 0.6) is 0 Å². The van der Waals surface area contributed by atoms with Crippen molar-refractivity contribution in [2.75, 3.05) is 0 Å². The summed E-state index contributed by atoms with van der Waals surface area (Å²) in [6.45, 7) is 8.60. The second kappa shape index (κ2) is 7.11. The zero-order valence-electron chi connectivity index (χ0n) is 14.0. The maximum atomic E-state index is 12.5. The van der Waals surface area contributed by atoms with E-state index >= 15 is 0 Å². The van der Waals surface area contributed by atoms with Gasteiger partial charge in [-0.2, -0.15) is 9.98 Å². The molecule has 0 amide bonds. The average molecular weight is 338 g/mol. The molecule has 23 heavy (non-hydrogen) atoms. The fourth-order valence-electron chi connectivity index (χ4n) is 1.79. The Morgan fingerprint density at radius 3 is 2.39 bits per heavy atom. The maximum absolute atomic E-state index is 12.5. The minimum atomic E-state index is -3.94. The van der Waals surface area contributed by atoms with E-state index in [2.05, 4.69) is 4.72 Å². The fraction of sp³-hybridized carbons (Fsp3) is 0.500. The minimum Gasteiger partial charge on any atom is -0.459 e. The molecular formula is C16H22N2O4S. The van der Waals surface area contributed by atoms with Crippen LogP contribution < -0.4 is 4.72 Å². The molecule has 0 saturated carbocycles. The molecule has 1 aromatic carbocycles. The zero-order chi connectivity index (χ0) is 17.8. The molecule has 0 aliphatic heterocycles. The molecular weight excluding hydrogens is 316 g/mol. The van der Waals surface area contributed by atoms with Gasteiger partial charge in [-0.05, 0) is 44.9 Å². The molecule has 0 saturated heterocycles. The van der Waals surface area contributed by atoms with Crippen LogP contribution in [-0.4, -0.2) is 26.0 Å². The summed E-state index contributed by atoms with van der Waals surface area (Å²) in [7, 11) is -3.94. The molecule has 0 fully saturated rings. The third kappa shape index (κ3) is 5.66. The van der Waals surface area contributed by atoms with Gasteiger partial charge in [-0.1, -0.05) is 19.9 Å². The van der Waals surface area contributed by atoms with E-state index in [-0.39, 0.29) is 16.4 Å². The SMILES string of the molecule is CC(C)[C@H](NS(=O)(=O)c1cccc(C#N)c1)C(=O)OC(C)(C)C. The Labute approximate surface area is 137 Å². The molecule has 0 unspecified atom stereocenters. The number of nitrogens with one attached hydrogen (secondary N) is 1. The van der Waals surface area contributed by atoms with Crippen LogP contribution in [-0.2, 0) is 19.6 Å². The molecule has 1 atom stereocenters. The Morgan fingerprint density at radius 2 is 1.91 bits per heavy atom. The number of hydrogen-bond donors (Lipinski definition) is 1. The van der Waals surface area contributed by atoms with Crippen LogP contribution in [0.3, 0.4) is 0 Å². The number of carbonyl (C=O) groups is 1. The van der Waals surface area contributed by atoms with Crippen LogP contribution in [0.2, 0.25) is 0 Å². The summed E-state index contributed by atoms with van der Waals surface area (Å²) >= 11 is 0. The molecule has 126 valence electrons. The highest BCUT2D eigenvalue weighted by Crippen LogP contribution is 2.16. The van der Waals surface area contributed by atoms with E-state index in [9.17, 15) is 13.2 Å². The van der Waals surface area contributed by atoms with Crippen molar-refractivity contribution in [1.82, 2.24) is 4.72 Å². The summed E-state index contributed by atoms with van der Waals surface area (Å²) in [4.78, 5) is 12.2. The summed E-state index contributed by atoms with van der Waals surface area (Å²) in [6, 6.07) is 6.49. The van der Waals surface area contributed by atoms with Gasteiger partial charge >= 0.3 is 5.97 Å². The number of carbonyl (C=O) groups excluding carboxylic acids is 1. The van der Waals surface area contributed by atoms with Crippen LogP contribution in [0.1, 0.15) is 40.2 Å². The molecule has 0 spiro atoms. The number of rotatable bonds is 5. The monoisotopic (exact) mass is 338 g/mol. The Morgan fingerprint density at radius 1 is 1.30 bits per heavy atom. The van der Waals surface area contributed by atoms with Crippen LogP contribution in [0, 0.1) is 17.2 Å². The molecule has 0 aliphatic carbocycles. The number of sulfonamides is 1. The smallest absolute Gasteiger partial charge is 0.324 e. The molecule has 0 radical (unpaired) electrons. The topological polar surface area (TPSA) is 96.3 Å². The first-order valence-corrected chi connectivity index (χ1v) is 8.70. The summed E-state index contributed by atoms with van der Waals surface area (Å²) < 4.78 is 32.6. The van der Waals surface area contributed by atoms with Crippen molar-refractivity contribution < 1.29 is 17.9 Å². The van der Waals surface area contributed by atoms with Crippen LogP contribution in [0.25, 0.3) is 0 Å². The second-order valence-corrected chi connectivity index (χ2v) is 8.23. The average Bonchev–Trinajstić information content (AvgIpc) is 2.42. The van der Waals surface area contributed by atoms with E-state index in [0.29, 0.717) is 0 Å². The summed E-state index contributed by atoms with van der Waals surface area (Å²) in [6.07, 6.45) is 0. The first-order valence-electron chi connectivity index (χ1n) is 7.21. The Bertz CT molecular complexity index is 712. The lowest BCUT2D eigenvalue weighted by Gasteiger charge is -2.26. The number of nitrogens with zero attached hydrogens (tertiary/aromatic N) is 1. The lowest BCUT2D eigenvalue weighted by molar-refractivity contribution is -0.158. The predicted octanol–water partition coefficient (Wildman–Crippen LogP) is 2.20. The quantitative estimate of drug-likeness (QED) is 0.830. The lowest BCUT2D eigenvalue weighted by atomic mass is 10.1. The third-order valence-corrected chi connectivity index (χ3v) is 4.32. The van der Waals surface area contributed by atoms with Crippen molar-refractivity contribution in [3.8, 4) is 6.07 Å². The molecule has 0 aromatic heterocycles. The Kier molecular flexibility index (Phi) is 5.92. The molecule has 6 nitrogen and oxygen atoms in total. The number of benzene rings is 1. The molecule has 0 heterocycles. The Hall–Kier alpha value is -1.91. The summed E-state index contributed by atoms with van der Waals surface area (Å²) in [5.41, 5.74) is -0.484. The largest absolute Gasteiger partial charge is 0.459 e. The van der Waals surface area contributed by atoms with E-state index < -0.39 is 27.6 Å². The number of hydrogen-bond acceptors (Lipinski definition) is 5. The third-order valence-electron chi connectivity index (χ3n) is 2.88. The van der Waals surface area contributed by atoms with E-state index in [0.717, 1.165) is 0 Å². The fourth-order valence-corrected chi connectivity index (χ4v) is 3.17. The van der Waals surface area contributed by atoms with Crippen molar-refractivity contribution >= 4 is 16.0 Å². The van der Waals surface area contributed by atoms with E-state index in [4.69, 9.17) is 10.00 Å². The van der Waals surface area contributed by atoms with Crippen LogP contribution >= 0.6 is 0 Å². The van der Waals surface area contributed by atoms with Gasteiger partial charge in [0.15, 0.2) is 0 Å². The van der Waals surface area contributed by atoms with Gasteiger partial charge in [0, 0.05) is 0 Å². The standard InChI is InChI=1S/C16H22N2O4S/c1-11(2)14(15(19)22-16(3,4)5)18-23(20,21)13-8-6-7-12(9-13)10-17/h6-9,11,14,18H,1-5H3/t14-/m0/s1. The normalized spacial score (nSPS) is 13.4. The van der Waals surface area contributed by atoms with Crippen LogP contribution in [0.4, 0.5) is 0 Å². The van der Waals surface area contributed by atoms with Crippen LogP contribution in [0.15, 0.2) is 29.2 Å². The van der Waals surface area contributed by atoms with Crippen molar-refractivity contribution in [3.63, 3.8) is 0 Å². The summed E-state index contributed by atoms with van der Waals surface area (Å²) in [5, 5.41) is 8.87. The first kappa shape index (κ1) is 19.1. The van der Waals surface area contributed by atoms with Gasteiger partial charge in [-0.3, -0.25) is 4.79 Å². The lowest BCUT2D eigenvalue weighted by Crippen LogP contribution is -2.47. The minimum absolute atomic E-state index is 0.0641. The Balaban J connectivity index is 3.08. The van der Waals surface area contributed by atoms with Gasteiger partial charge in [0.2, 0.25) is 10.0 Å². The molecule has 7 heteroatoms. The number of ether oxygens (including phenoxy) is 1. The second-order valence-electron chi connectivity index (χ2n) is 6.52. The van der Waals surface area contributed by atoms with Gasteiger partial charge in [-0.15, -0.1) is 0 Å². The van der Waals surface area contributed by atoms with Crippen molar-refractivity contribution in [1.29, 1.82) is 5.26 Å². The van der Waals surface area contributed by atoms with Crippen molar-refractivity contribution in [2.24, 2.45) is 5.92 Å². The van der Waals surface area contributed by atoms with Gasteiger partial charge in [-0.25, -0.2) is 8.42 Å².